The SMILES string of the molecule is Cc1ccc(C(=O)N(CCO)C(C)C)c(F)c1. The van der Waals surface area contributed by atoms with Crippen molar-refractivity contribution in [1.29, 1.82) is 0 Å². The Labute approximate surface area is 101 Å². The molecule has 3 nitrogen and oxygen atoms in total. The van der Waals surface area contributed by atoms with Crippen molar-refractivity contribution in [3.8, 4) is 0 Å². The largest absolute Gasteiger partial charge is 0.395 e. The summed E-state index contributed by atoms with van der Waals surface area (Å²) in [7, 11) is 0. The van der Waals surface area contributed by atoms with Gasteiger partial charge >= 0.3 is 0 Å². The van der Waals surface area contributed by atoms with Crippen molar-refractivity contribution in [3.63, 3.8) is 0 Å². The Morgan fingerprint density at radius 2 is 2.12 bits per heavy atom. The molecule has 0 spiro atoms. The predicted octanol–water partition coefficient (Wildman–Crippen LogP) is 1.98. The summed E-state index contributed by atoms with van der Waals surface area (Å²) in [6, 6.07) is 4.45. The van der Waals surface area contributed by atoms with Crippen molar-refractivity contribution in [2.24, 2.45) is 0 Å². The van der Waals surface area contributed by atoms with Crippen molar-refractivity contribution in [2.75, 3.05) is 13.2 Å². The van der Waals surface area contributed by atoms with Crippen LogP contribution in [0.4, 0.5) is 4.39 Å². The van der Waals surface area contributed by atoms with Crippen LogP contribution in [0.25, 0.3) is 0 Å². The molecule has 0 aromatic heterocycles. The van der Waals surface area contributed by atoms with E-state index in [1.165, 1.54) is 17.0 Å². The molecule has 0 aliphatic heterocycles. The Hall–Kier alpha value is -1.42. The van der Waals surface area contributed by atoms with E-state index in [9.17, 15) is 9.18 Å². The molecule has 0 saturated carbocycles. The monoisotopic (exact) mass is 239 g/mol. The molecule has 1 amide bonds. The molecule has 0 saturated heterocycles. The molecule has 0 aliphatic carbocycles. The van der Waals surface area contributed by atoms with Crippen LogP contribution in [0.2, 0.25) is 0 Å². The second kappa shape index (κ2) is 5.77. The zero-order chi connectivity index (χ0) is 13.0. The first-order valence-electron chi connectivity index (χ1n) is 5.65. The molecule has 17 heavy (non-hydrogen) atoms. The van der Waals surface area contributed by atoms with Gasteiger partial charge in [0.2, 0.25) is 0 Å². The van der Waals surface area contributed by atoms with Crippen LogP contribution in [0.1, 0.15) is 29.8 Å². The molecule has 0 heterocycles. The van der Waals surface area contributed by atoms with Crippen molar-refractivity contribution in [2.45, 2.75) is 26.8 Å². The summed E-state index contributed by atoms with van der Waals surface area (Å²) in [6.45, 7) is 5.52. The van der Waals surface area contributed by atoms with Crippen LogP contribution < -0.4 is 0 Å². The second-order valence-corrected chi connectivity index (χ2v) is 4.30. The highest BCUT2D eigenvalue weighted by atomic mass is 19.1. The van der Waals surface area contributed by atoms with Crippen LogP contribution in [0.5, 0.6) is 0 Å². The third-order valence-electron chi connectivity index (χ3n) is 2.58. The van der Waals surface area contributed by atoms with Crippen LogP contribution in [0.15, 0.2) is 18.2 Å². The van der Waals surface area contributed by atoms with Gasteiger partial charge in [0.15, 0.2) is 0 Å². The smallest absolute Gasteiger partial charge is 0.257 e. The van der Waals surface area contributed by atoms with Gasteiger partial charge in [0.25, 0.3) is 5.91 Å². The lowest BCUT2D eigenvalue weighted by molar-refractivity contribution is 0.0660. The quantitative estimate of drug-likeness (QED) is 0.872. The van der Waals surface area contributed by atoms with Crippen LogP contribution in [0.3, 0.4) is 0 Å². The van der Waals surface area contributed by atoms with E-state index in [4.69, 9.17) is 5.11 Å². The average molecular weight is 239 g/mol. The van der Waals surface area contributed by atoms with Gasteiger partial charge in [-0.2, -0.15) is 0 Å². The van der Waals surface area contributed by atoms with Gasteiger partial charge in [0.05, 0.1) is 12.2 Å². The molecular weight excluding hydrogens is 221 g/mol. The fourth-order valence-corrected chi connectivity index (χ4v) is 1.65. The van der Waals surface area contributed by atoms with Crippen molar-refractivity contribution in [3.05, 3.63) is 35.1 Å². The number of hydrogen-bond acceptors (Lipinski definition) is 2. The van der Waals surface area contributed by atoms with E-state index in [1.54, 1.807) is 13.0 Å². The van der Waals surface area contributed by atoms with Gasteiger partial charge in [-0.3, -0.25) is 4.79 Å². The van der Waals surface area contributed by atoms with E-state index < -0.39 is 5.82 Å². The summed E-state index contributed by atoms with van der Waals surface area (Å²) in [6.07, 6.45) is 0. The molecule has 0 unspecified atom stereocenters. The third-order valence-corrected chi connectivity index (χ3v) is 2.58. The first kappa shape index (κ1) is 13.6. The number of rotatable bonds is 4. The molecule has 0 bridgehead atoms. The van der Waals surface area contributed by atoms with E-state index >= 15 is 0 Å². The summed E-state index contributed by atoms with van der Waals surface area (Å²) in [5.74, 6) is -0.898. The molecule has 94 valence electrons. The minimum absolute atomic E-state index is 0.0535. The Balaban J connectivity index is 3.01. The summed E-state index contributed by atoms with van der Waals surface area (Å²) >= 11 is 0. The lowest BCUT2D eigenvalue weighted by atomic mass is 10.1. The number of benzene rings is 1. The maximum absolute atomic E-state index is 13.7. The maximum atomic E-state index is 13.7. The first-order valence-corrected chi connectivity index (χ1v) is 5.65. The standard InChI is InChI=1S/C13H18FNO2/c1-9(2)15(6-7-16)13(17)11-5-4-10(3)8-12(11)14/h4-5,8-9,16H,6-7H2,1-3H3. The fraction of sp³-hybridized carbons (Fsp3) is 0.462. The third kappa shape index (κ3) is 3.27. The summed E-state index contributed by atoms with van der Waals surface area (Å²) in [4.78, 5) is 13.5. The highest BCUT2D eigenvalue weighted by molar-refractivity contribution is 5.94. The molecule has 1 N–H and O–H groups in total. The first-order chi connectivity index (χ1) is 7.97. The minimum Gasteiger partial charge on any atom is -0.395 e. The number of carbonyl (C=O) groups excluding carboxylic acids is 1. The molecule has 4 heteroatoms. The number of aliphatic hydroxyl groups is 1. The van der Waals surface area contributed by atoms with Gasteiger partial charge in [-0.1, -0.05) is 6.07 Å². The van der Waals surface area contributed by atoms with Crippen LogP contribution in [-0.4, -0.2) is 35.1 Å². The maximum Gasteiger partial charge on any atom is 0.257 e. The Morgan fingerprint density at radius 3 is 2.59 bits per heavy atom. The van der Waals surface area contributed by atoms with Crippen LogP contribution in [0, 0.1) is 12.7 Å². The lowest BCUT2D eigenvalue weighted by Crippen LogP contribution is -2.39. The molecular formula is C13H18FNO2. The average Bonchev–Trinajstić information content (AvgIpc) is 2.24. The Bertz CT molecular complexity index is 404. The van der Waals surface area contributed by atoms with Crippen LogP contribution in [-0.2, 0) is 0 Å². The van der Waals surface area contributed by atoms with Crippen molar-refractivity contribution >= 4 is 5.91 Å². The van der Waals surface area contributed by atoms with Crippen molar-refractivity contribution in [1.82, 2.24) is 4.90 Å². The molecule has 1 aromatic carbocycles. The molecule has 1 rings (SSSR count). The number of hydrogen-bond donors (Lipinski definition) is 1. The number of nitrogens with zero attached hydrogens (tertiary/aromatic N) is 1. The van der Waals surface area contributed by atoms with Gasteiger partial charge in [0, 0.05) is 12.6 Å². The predicted molar refractivity (Wildman–Crippen MR) is 64.4 cm³/mol. The molecule has 0 atom stereocenters. The van der Waals surface area contributed by atoms with E-state index in [-0.39, 0.29) is 30.7 Å². The van der Waals surface area contributed by atoms with Crippen molar-refractivity contribution < 1.29 is 14.3 Å². The molecule has 0 aliphatic rings. The van der Waals surface area contributed by atoms with Crippen LogP contribution >= 0.6 is 0 Å². The normalized spacial score (nSPS) is 10.7. The van der Waals surface area contributed by atoms with Gasteiger partial charge in [-0.15, -0.1) is 0 Å². The van der Waals surface area contributed by atoms with E-state index in [2.05, 4.69) is 0 Å². The fourth-order valence-electron chi connectivity index (χ4n) is 1.65. The van der Waals surface area contributed by atoms with Gasteiger partial charge in [-0.25, -0.2) is 4.39 Å². The number of aliphatic hydroxyl groups excluding tert-OH is 1. The molecule has 0 radical (unpaired) electrons. The molecule has 1 aromatic rings. The van der Waals surface area contributed by atoms with Gasteiger partial charge < -0.3 is 10.0 Å². The summed E-state index contributed by atoms with van der Waals surface area (Å²) < 4.78 is 13.7. The number of carbonyl (C=O) groups is 1. The highest BCUT2D eigenvalue weighted by Gasteiger charge is 2.20. The van der Waals surface area contributed by atoms with E-state index in [0.717, 1.165) is 5.56 Å². The Morgan fingerprint density at radius 1 is 1.47 bits per heavy atom. The number of amides is 1. The second-order valence-electron chi connectivity index (χ2n) is 4.30. The van der Waals surface area contributed by atoms with E-state index in [1.807, 2.05) is 13.8 Å². The number of aryl methyl sites for hydroxylation is 1. The van der Waals surface area contributed by atoms with Gasteiger partial charge in [-0.05, 0) is 38.5 Å². The molecule has 0 fully saturated rings. The van der Waals surface area contributed by atoms with Gasteiger partial charge in [0.1, 0.15) is 5.82 Å². The van der Waals surface area contributed by atoms with E-state index in [0.29, 0.717) is 0 Å². The zero-order valence-corrected chi connectivity index (χ0v) is 10.4. The summed E-state index contributed by atoms with van der Waals surface area (Å²) in [5.41, 5.74) is 0.829. The highest BCUT2D eigenvalue weighted by Crippen LogP contribution is 2.14. The minimum atomic E-state index is -0.515. The number of halogens is 1. The topological polar surface area (TPSA) is 40.5 Å². The zero-order valence-electron chi connectivity index (χ0n) is 10.4. The lowest BCUT2D eigenvalue weighted by Gasteiger charge is -2.26. The summed E-state index contributed by atoms with van der Waals surface area (Å²) in [5, 5.41) is 8.91. The Kier molecular flexibility index (Phi) is 4.63.